The fraction of sp³-hybridized carbons (Fsp3) is 0.556. The minimum absolute atomic E-state index is 0.229. The second-order valence-electron chi connectivity index (χ2n) is 3.58. The van der Waals surface area contributed by atoms with Crippen LogP contribution in [0.5, 0.6) is 0 Å². The lowest BCUT2D eigenvalue weighted by atomic mass is 10.2. The Labute approximate surface area is 88.1 Å². The second-order valence-corrected chi connectivity index (χ2v) is 3.97. The predicted octanol–water partition coefficient (Wildman–Crippen LogP) is 1.06. The highest BCUT2D eigenvalue weighted by Crippen LogP contribution is 2.22. The third-order valence-corrected chi connectivity index (χ3v) is 2.91. The van der Waals surface area contributed by atoms with Gasteiger partial charge in [0.15, 0.2) is 0 Å². The molecule has 0 amide bonds. The Kier molecular flexibility index (Phi) is 2.56. The van der Waals surface area contributed by atoms with Crippen LogP contribution >= 0.6 is 11.6 Å². The zero-order valence-corrected chi connectivity index (χ0v) is 8.78. The first-order valence-corrected chi connectivity index (χ1v) is 5.06. The molecule has 0 bridgehead atoms. The Bertz CT molecular complexity index is 313. The van der Waals surface area contributed by atoms with Crippen molar-refractivity contribution in [1.82, 2.24) is 9.97 Å². The van der Waals surface area contributed by atoms with Gasteiger partial charge in [0.05, 0.1) is 12.4 Å². The first-order valence-electron chi connectivity index (χ1n) is 4.68. The van der Waals surface area contributed by atoms with Gasteiger partial charge in [-0.3, -0.25) is 0 Å². The molecule has 1 aromatic heterocycles. The van der Waals surface area contributed by atoms with Gasteiger partial charge < -0.3 is 10.6 Å². The Morgan fingerprint density at radius 3 is 2.79 bits per heavy atom. The van der Waals surface area contributed by atoms with Gasteiger partial charge in [0, 0.05) is 18.6 Å². The summed E-state index contributed by atoms with van der Waals surface area (Å²) in [6.07, 6.45) is 4.26. The van der Waals surface area contributed by atoms with Crippen molar-refractivity contribution in [2.45, 2.75) is 25.4 Å². The molecule has 1 aromatic rings. The van der Waals surface area contributed by atoms with Gasteiger partial charge in [-0.2, -0.15) is 0 Å². The number of anilines is 1. The number of nitrogens with zero attached hydrogens (tertiary/aromatic N) is 3. The number of aromatic nitrogens is 2. The van der Waals surface area contributed by atoms with Crippen LogP contribution in [0.25, 0.3) is 0 Å². The Balaban J connectivity index is 2.19. The maximum Gasteiger partial charge on any atom is 0.147 e. The normalized spacial score (nSPS) is 26.9. The molecule has 2 rings (SSSR count). The lowest BCUT2D eigenvalue weighted by molar-refractivity contribution is 0.621. The smallest absolute Gasteiger partial charge is 0.147 e. The highest BCUT2D eigenvalue weighted by molar-refractivity contribution is 6.29. The van der Waals surface area contributed by atoms with E-state index in [1.807, 2.05) is 0 Å². The van der Waals surface area contributed by atoms with E-state index in [0.29, 0.717) is 11.2 Å². The molecule has 1 saturated heterocycles. The summed E-state index contributed by atoms with van der Waals surface area (Å²) in [5.74, 6) is 0.856. The maximum absolute atomic E-state index is 5.92. The van der Waals surface area contributed by atoms with Crippen molar-refractivity contribution < 1.29 is 0 Å². The number of nitrogens with two attached hydrogens (primary N) is 1. The summed E-state index contributed by atoms with van der Waals surface area (Å²) >= 11 is 5.67. The highest BCUT2D eigenvalue weighted by atomic mass is 35.5. The number of hydrogen-bond donors (Lipinski definition) is 1. The molecule has 76 valence electrons. The molecule has 1 aliphatic rings. The molecule has 4 nitrogen and oxygen atoms in total. The molecule has 14 heavy (non-hydrogen) atoms. The zero-order valence-electron chi connectivity index (χ0n) is 8.02. The number of halogens is 1. The van der Waals surface area contributed by atoms with Crippen LogP contribution in [0.1, 0.15) is 13.3 Å². The highest BCUT2D eigenvalue weighted by Gasteiger charge is 2.28. The molecular weight excluding hydrogens is 200 g/mol. The summed E-state index contributed by atoms with van der Waals surface area (Å²) in [6, 6.07) is 0.554. The minimum atomic E-state index is 0.229. The van der Waals surface area contributed by atoms with Gasteiger partial charge in [-0.25, -0.2) is 9.97 Å². The van der Waals surface area contributed by atoms with Crippen molar-refractivity contribution in [2.75, 3.05) is 11.4 Å². The van der Waals surface area contributed by atoms with E-state index in [4.69, 9.17) is 17.3 Å². The van der Waals surface area contributed by atoms with E-state index in [0.717, 1.165) is 18.8 Å². The molecule has 1 fully saturated rings. The van der Waals surface area contributed by atoms with Crippen LogP contribution in [-0.2, 0) is 0 Å². The lowest BCUT2D eigenvalue weighted by Gasteiger charge is -2.23. The van der Waals surface area contributed by atoms with Gasteiger partial charge in [-0.05, 0) is 13.3 Å². The van der Waals surface area contributed by atoms with Crippen LogP contribution in [0, 0.1) is 0 Å². The summed E-state index contributed by atoms with van der Waals surface area (Å²) in [5, 5.41) is 0.421. The quantitative estimate of drug-likeness (QED) is 0.756. The predicted molar refractivity (Wildman–Crippen MR) is 56.4 cm³/mol. The monoisotopic (exact) mass is 212 g/mol. The topological polar surface area (TPSA) is 55.0 Å². The van der Waals surface area contributed by atoms with Crippen molar-refractivity contribution in [1.29, 1.82) is 0 Å². The second kappa shape index (κ2) is 3.71. The van der Waals surface area contributed by atoms with Crippen LogP contribution in [0.15, 0.2) is 12.4 Å². The first kappa shape index (κ1) is 9.68. The molecule has 5 heteroatoms. The molecule has 0 aromatic carbocycles. The summed E-state index contributed by atoms with van der Waals surface area (Å²) in [4.78, 5) is 10.4. The standard InChI is InChI=1S/C9H13ClN4/c1-6-7(11)2-3-14(6)9-5-12-8(10)4-13-9/h4-7H,2-3,11H2,1H3. The van der Waals surface area contributed by atoms with Crippen LogP contribution in [-0.4, -0.2) is 28.6 Å². The fourth-order valence-corrected chi connectivity index (χ4v) is 1.84. The van der Waals surface area contributed by atoms with E-state index < -0.39 is 0 Å². The molecule has 0 spiro atoms. The third-order valence-electron chi connectivity index (χ3n) is 2.72. The number of hydrogen-bond acceptors (Lipinski definition) is 4. The first-order chi connectivity index (χ1) is 6.68. The maximum atomic E-state index is 5.92. The zero-order chi connectivity index (χ0) is 10.1. The van der Waals surface area contributed by atoms with Gasteiger partial charge in [0.25, 0.3) is 0 Å². The Hall–Kier alpha value is -0.870. The molecule has 0 saturated carbocycles. The summed E-state index contributed by atoms with van der Waals surface area (Å²) < 4.78 is 0. The average molecular weight is 213 g/mol. The van der Waals surface area contributed by atoms with Gasteiger partial charge in [0.2, 0.25) is 0 Å². The Morgan fingerprint density at radius 1 is 1.50 bits per heavy atom. The number of rotatable bonds is 1. The van der Waals surface area contributed by atoms with Gasteiger partial charge in [-0.15, -0.1) is 0 Å². The summed E-state index contributed by atoms with van der Waals surface area (Å²) in [5.41, 5.74) is 5.92. The van der Waals surface area contributed by atoms with Gasteiger partial charge in [-0.1, -0.05) is 11.6 Å². The lowest BCUT2D eigenvalue weighted by Crippen LogP contribution is -2.37. The van der Waals surface area contributed by atoms with E-state index in [9.17, 15) is 0 Å². The Morgan fingerprint density at radius 2 is 2.29 bits per heavy atom. The van der Waals surface area contributed by atoms with Crippen molar-refractivity contribution >= 4 is 17.4 Å². The molecular formula is C9H13ClN4. The van der Waals surface area contributed by atoms with E-state index >= 15 is 0 Å². The van der Waals surface area contributed by atoms with Crippen LogP contribution in [0.3, 0.4) is 0 Å². The third kappa shape index (κ3) is 1.67. The molecule has 1 aliphatic heterocycles. The molecule has 0 aliphatic carbocycles. The molecule has 2 N–H and O–H groups in total. The molecule has 2 heterocycles. The fourth-order valence-electron chi connectivity index (χ4n) is 1.74. The summed E-state index contributed by atoms with van der Waals surface area (Å²) in [7, 11) is 0. The SMILES string of the molecule is CC1C(N)CCN1c1cnc(Cl)cn1. The minimum Gasteiger partial charge on any atom is -0.351 e. The van der Waals surface area contributed by atoms with Gasteiger partial charge >= 0.3 is 0 Å². The van der Waals surface area contributed by atoms with Crippen LogP contribution in [0.2, 0.25) is 5.15 Å². The van der Waals surface area contributed by atoms with Gasteiger partial charge in [0.1, 0.15) is 11.0 Å². The van der Waals surface area contributed by atoms with Crippen LogP contribution in [0.4, 0.5) is 5.82 Å². The molecule has 2 atom stereocenters. The van der Waals surface area contributed by atoms with Crippen molar-refractivity contribution in [3.05, 3.63) is 17.5 Å². The van der Waals surface area contributed by atoms with E-state index in [2.05, 4.69) is 21.8 Å². The molecule has 0 radical (unpaired) electrons. The van der Waals surface area contributed by atoms with Crippen molar-refractivity contribution in [3.8, 4) is 0 Å². The largest absolute Gasteiger partial charge is 0.351 e. The van der Waals surface area contributed by atoms with E-state index in [1.165, 1.54) is 0 Å². The van der Waals surface area contributed by atoms with Crippen molar-refractivity contribution in [2.24, 2.45) is 5.73 Å². The van der Waals surface area contributed by atoms with Crippen LogP contribution < -0.4 is 10.6 Å². The average Bonchev–Trinajstić information content (AvgIpc) is 2.50. The summed E-state index contributed by atoms with van der Waals surface area (Å²) in [6.45, 7) is 3.05. The molecule has 2 unspecified atom stereocenters. The van der Waals surface area contributed by atoms with E-state index in [1.54, 1.807) is 12.4 Å². The van der Waals surface area contributed by atoms with E-state index in [-0.39, 0.29) is 6.04 Å². The van der Waals surface area contributed by atoms with Crippen molar-refractivity contribution in [3.63, 3.8) is 0 Å².